The second-order valence-electron chi connectivity index (χ2n) is 3.59. The van der Waals surface area contributed by atoms with E-state index in [0.717, 1.165) is 5.57 Å². The lowest BCUT2D eigenvalue weighted by molar-refractivity contribution is -0.138. The predicted molar refractivity (Wildman–Crippen MR) is 57.3 cm³/mol. The molecule has 86 valence electrons. The molecule has 1 atom stereocenters. The molecule has 0 saturated carbocycles. The van der Waals surface area contributed by atoms with Crippen LogP contribution in [-0.2, 0) is 9.59 Å². The molecule has 0 aliphatic heterocycles. The molecule has 0 aromatic carbocycles. The summed E-state index contributed by atoms with van der Waals surface area (Å²) in [4.78, 5) is 21.5. The van der Waals surface area contributed by atoms with Crippen LogP contribution in [-0.4, -0.2) is 29.4 Å². The summed E-state index contributed by atoms with van der Waals surface area (Å²) in [6.07, 6.45) is 0.291. The lowest BCUT2D eigenvalue weighted by Gasteiger charge is -2.11. The van der Waals surface area contributed by atoms with Crippen molar-refractivity contribution in [1.82, 2.24) is 5.32 Å². The molecule has 0 saturated heterocycles. The first-order chi connectivity index (χ1) is 6.86. The van der Waals surface area contributed by atoms with Gasteiger partial charge in [-0.15, -0.1) is 0 Å². The van der Waals surface area contributed by atoms with Gasteiger partial charge in [0.1, 0.15) is 6.04 Å². The van der Waals surface area contributed by atoms with Crippen LogP contribution in [0.1, 0.15) is 27.2 Å². The number of rotatable bonds is 6. The summed E-state index contributed by atoms with van der Waals surface area (Å²) in [5.41, 5.74) is 6.73. The average Bonchev–Trinajstić information content (AvgIpc) is 2.10. The summed E-state index contributed by atoms with van der Waals surface area (Å²) in [7, 11) is 0. The van der Waals surface area contributed by atoms with E-state index in [-0.39, 0.29) is 5.78 Å². The van der Waals surface area contributed by atoms with Crippen molar-refractivity contribution in [3.05, 3.63) is 11.3 Å². The number of hydrogen-bond donors (Lipinski definition) is 3. The van der Waals surface area contributed by atoms with Gasteiger partial charge in [-0.2, -0.15) is 0 Å². The molecule has 5 nitrogen and oxygen atoms in total. The number of carboxylic acids is 1. The first-order valence-corrected chi connectivity index (χ1v) is 4.77. The fourth-order valence-corrected chi connectivity index (χ4v) is 1.13. The van der Waals surface area contributed by atoms with Gasteiger partial charge < -0.3 is 16.2 Å². The fraction of sp³-hybridized carbons (Fsp3) is 0.600. The van der Waals surface area contributed by atoms with Gasteiger partial charge in [-0.25, -0.2) is 0 Å². The molecule has 0 aliphatic carbocycles. The minimum Gasteiger partial charge on any atom is -0.480 e. The summed E-state index contributed by atoms with van der Waals surface area (Å²) >= 11 is 0. The fourth-order valence-electron chi connectivity index (χ4n) is 1.13. The molecule has 0 rings (SSSR count). The Labute approximate surface area is 89.3 Å². The molecule has 0 aromatic heterocycles. The molecule has 0 bridgehead atoms. The van der Waals surface area contributed by atoms with E-state index in [1.807, 2.05) is 13.8 Å². The van der Waals surface area contributed by atoms with Crippen molar-refractivity contribution in [1.29, 1.82) is 0 Å². The predicted octanol–water partition coefficient (Wildman–Crippen LogP) is 0.261. The van der Waals surface area contributed by atoms with Crippen molar-refractivity contribution in [2.24, 2.45) is 5.73 Å². The number of Topliss-reactive ketones (excluding diaryl/α,β-unsaturated/α-hetero) is 1. The summed E-state index contributed by atoms with van der Waals surface area (Å²) in [5.74, 6) is -1.09. The Morgan fingerprint density at radius 1 is 1.33 bits per heavy atom. The summed E-state index contributed by atoms with van der Waals surface area (Å²) in [6, 6.07) is -0.886. The van der Waals surface area contributed by atoms with E-state index in [2.05, 4.69) is 5.32 Å². The standard InChI is InChI=1S/C10H18N2O3/c1-6(2)9(7(3)13)12-5-4-8(11)10(14)15/h8,12H,4-5,11H2,1-3H3,(H,14,15). The third kappa shape index (κ3) is 5.17. The van der Waals surface area contributed by atoms with Crippen LogP contribution in [0.4, 0.5) is 0 Å². The molecular weight excluding hydrogens is 196 g/mol. The molecular formula is C10H18N2O3. The Balaban J connectivity index is 4.10. The molecule has 0 aliphatic rings. The zero-order chi connectivity index (χ0) is 12.0. The SMILES string of the molecule is CC(=O)C(NCCC(N)C(=O)O)=C(C)C. The van der Waals surface area contributed by atoms with Crippen LogP contribution in [0.2, 0.25) is 0 Å². The van der Waals surface area contributed by atoms with Crippen molar-refractivity contribution in [3.63, 3.8) is 0 Å². The summed E-state index contributed by atoms with van der Waals surface area (Å²) in [5, 5.41) is 11.4. The normalized spacial score (nSPS) is 11.7. The topological polar surface area (TPSA) is 92.4 Å². The van der Waals surface area contributed by atoms with Crippen LogP contribution in [0.5, 0.6) is 0 Å². The minimum atomic E-state index is -1.03. The number of hydrogen-bond acceptors (Lipinski definition) is 4. The number of nitrogens with two attached hydrogens (primary N) is 1. The van der Waals surface area contributed by atoms with Crippen LogP contribution < -0.4 is 11.1 Å². The number of aliphatic carboxylic acids is 1. The van der Waals surface area contributed by atoms with E-state index < -0.39 is 12.0 Å². The lowest BCUT2D eigenvalue weighted by atomic mass is 10.1. The van der Waals surface area contributed by atoms with E-state index >= 15 is 0 Å². The highest BCUT2D eigenvalue weighted by Gasteiger charge is 2.11. The number of allylic oxidation sites excluding steroid dienone is 2. The summed E-state index contributed by atoms with van der Waals surface area (Å²) in [6.45, 7) is 5.49. The van der Waals surface area contributed by atoms with E-state index in [4.69, 9.17) is 10.8 Å². The van der Waals surface area contributed by atoms with Gasteiger partial charge in [0.05, 0.1) is 5.70 Å². The van der Waals surface area contributed by atoms with Crippen molar-refractivity contribution in [2.45, 2.75) is 33.2 Å². The van der Waals surface area contributed by atoms with E-state index in [0.29, 0.717) is 18.7 Å². The van der Waals surface area contributed by atoms with Crippen LogP contribution in [0.15, 0.2) is 11.3 Å². The molecule has 0 radical (unpaired) electrons. The number of carbonyl (C=O) groups is 2. The van der Waals surface area contributed by atoms with Gasteiger partial charge in [0.2, 0.25) is 0 Å². The zero-order valence-electron chi connectivity index (χ0n) is 9.33. The first-order valence-electron chi connectivity index (χ1n) is 4.77. The molecule has 0 heterocycles. The van der Waals surface area contributed by atoms with E-state index in [9.17, 15) is 9.59 Å². The number of carboxylic acid groups (broad SMARTS) is 1. The molecule has 4 N–H and O–H groups in total. The zero-order valence-corrected chi connectivity index (χ0v) is 9.33. The van der Waals surface area contributed by atoms with Gasteiger partial charge in [-0.05, 0) is 25.8 Å². The highest BCUT2D eigenvalue weighted by molar-refractivity contribution is 5.93. The Morgan fingerprint density at radius 3 is 2.20 bits per heavy atom. The van der Waals surface area contributed by atoms with Gasteiger partial charge in [0.15, 0.2) is 5.78 Å². The monoisotopic (exact) mass is 214 g/mol. The number of ketones is 1. The highest BCUT2D eigenvalue weighted by atomic mass is 16.4. The molecule has 15 heavy (non-hydrogen) atoms. The third-order valence-corrected chi connectivity index (χ3v) is 1.93. The van der Waals surface area contributed by atoms with Gasteiger partial charge in [0.25, 0.3) is 0 Å². The Hall–Kier alpha value is -1.36. The number of carbonyl (C=O) groups excluding carboxylic acids is 1. The average molecular weight is 214 g/mol. The molecule has 1 unspecified atom stereocenters. The Kier molecular flexibility index (Phi) is 5.62. The minimum absolute atomic E-state index is 0.0566. The van der Waals surface area contributed by atoms with Crippen LogP contribution in [0.25, 0.3) is 0 Å². The second kappa shape index (κ2) is 6.19. The molecule has 0 amide bonds. The quantitative estimate of drug-likeness (QED) is 0.551. The largest absolute Gasteiger partial charge is 0.480 e. The summed E-state index contributed by atoms with van der Waals surface area (Å²) < 4.78 is 0. The molecule has 0 fully saturated rings. The first kappa shape index (κ1) is 13.6. The van der Waals surface area contributed by atoms with Gasteiger partial charge in [-0.3, -0.25) is 9.59 Å². The van der Waals surface area contributed by atoms with Crippen LogP contribution in [0.3, 0.4) is 0 Å². The molecule has 0 aromatic rings. The van der Waals surface area contributed by atoms with Crippen molar-refractivity contribution in [3.8, 4) is 0 Å². The van der Waals surface area contributed by atoms with Crippen molar-refractivity contribution < 1.29 is 14.7 Å². The third-order valence-electron chi connectivity index (χ3n) is 1.93. The Morgan fingerprint density at radius 2 is 1.87 bits per heavy atom. The maximum absolute atomic E-state index is 11.1. The van der Waals surface area contributed by atoms with Crippen molar-refractivity contribution in [2.75, 3.05) is 6.54 Å². The van der Waals surface area contributed by atoms with Crippen LogP contribution >= 0.6 is 0 Å². The van der Waals surface area contributed by atoms with Crippen molar-refractivity contribution >= 4 is 11.8 Å². The maximum atomic E-state index is 11.1. The van der Waals surface area contributed by atoms with E-state index in [1.54, 1.807) is 0 Å². The van der Waals surface area contributed by atoms with Gasteiger partial charge >= 0.3 is 5.97 Å². The Bertz CT molecular complexity index is 280. The molecule has 0 spiro atoms. The maximum Gasteiger partial charge on any atom is 0.320 e. The van der Waals surface area contributed by atoms with Crippen LogP contribution in [0, 0.1) is 0 Å². The number of nitrogens with one attached hydrogen (secondary N) is 1. The van der Waals surface area contributed by atoms with Gasteiger partial charge in [-0.1, -0.05) is 0 Å². The van der Waals surface area contributed by atoms with E-state index in [1.165, 1.54) is 6.92 Å². The smallest absolute Gasteiger partial charge is 0.320 e. The molecule has 5 heteroatoms. The highest BCUT2D eigenvalue weighted by Crippen LogP contribution is 2.01. The van der Waals surface area contributed by atoms with Gasteiger partial charge in [0, 0.05) is 13.5 Å². The second-order valence-corrected chi connectivity index (χ2v) is 3.59. The lowest BCUT2D eigenvalue weighted by Crippen LogP contribution is -2.34.